The Morgan fingerprint density at radius 1 is 0.850 bits per heavy atom. The Hall–Kier alpha value is -1.38. The second-order valence-electron chi connectivity index (χ2n) is 4.64. The van der Waals surface area contributed by atoms with Crippen molar-refractivity contribution in [1.82, 2.24) is 4.90 Å². The van der Waals surface area contributed by atoms with E-state index in [1.165, 1.54) is 24.6 Å². The van der Waals surface area contributed by atoms with Crippen molar-refractivity contribution < 1.29 is 9.59 Å². The summed E-state index contributed by atoms with van der Waals surface area (Å²) in [5.41, 5.74) is 0. The number of imide groups is 1. The number of nitrogens with zero attached hydrogens (tertiary/aromatic N) is 1. The van der Waals surface area contributed by atoms with Crippen LogP contribution in [-0.2, 0) is 9.59 Å². The molecule has 98 valence electrons. The van der Waals surface area contributed by atoms with Crippen molar-refractivity contribution in [3.63, 3.8) is 0 Å². The Morgan fingerprint density at radius 2 is 1.35 bits per heavy atom. The van der Waals surface area contributed by atoms with Crippen LogP contribution in [-0.4, -0.2) is 53.7 Å². The van der Waals surface area contributed by atoms with E-state index >= 15 is 0 Å². The fourth-order valence-corrected chi connectivity index (χ4v) is 8.29. The Morgan fingerprint density at radius 3 is 1.85 bits per heavy atom. The molecule has 2 aromatic carbocycles. The SMILES string of the molecule is CN1C(=O)C2=C([Se]c3cccc4cccc(c34)[Se]2)C1=O. The number of amides is 2. The first kappa shape index (κ1) is 12.4. The topological polar surface area (TPSA) is 37.4 Å². The fraction of sp³-hybridized carbons (Fsp3) is 0.0667. The zero-order valence-corrected chi connectivity index (χ0v) is 14.0. The van der Waals surface area contributed by atoms with Crippen LogP contribution in [0.1, 0.15) is 0 Å². The summed E-state index contributed by atoms with van der Waals surface area (Å²) in [7, 11) is 1.58. The molecule has 2 aliphatic heterocycles. The normalized spacial score (nSPS) is 17.8. The predicted octanol–water partition coefficient (Wildman–Crippen LogP) is -0.277. The molecule has 0 bridgehead atoms. The van der Waals surface area contributed by atoms with Gasteiger partial charge in [0.15, 0.2) is 0 Å². The van der Waals surface area contributed by atoms with Crippen molar-refractivity contribution in [2.75, 3.05) is 7.05 Å². The molecule has 0 unspecified atom stereocenters. The summed E-state index contributed by atoms with van der Waals surface area (Å²) < 4.78 is 3.95. The molecular weight excluding hydrogens is 384 g/mol. The Labute approximate surface area is 128 Å². The quantitative estimate of drug-likeness (QED) is 0.457. The van der Waals surface area contributed by atoms with Crippen LogP contribution in [0.3, 0.4) is 0 Å². The summed E-state index contributed by atoms with van der Waals surface area (Å²) in [5, 5.41) is 2.46. The zero-order chi connectivity index (χ0) is 13.9. The predicted molar refractivity (Wildman–Crippen MR) is 79.5 cm³/mol. The average molecular weight is 393 g/mol. The molecule has 0 fully saturated rings. The van der Waals surface area contributed by atoms with E-state index in [1.54, 1.807) is 7.05 Å². The van der Waals surface area contributed by atoms with E-state index in [9.17, 15) is 9.59 Å². The Balaban J connectivity index is 2.00. The van der Waals surface area contributed by atoms with Gasteiger partial charge in [0.1, 0.15) is 0 Å². The third-order valence-corrected chi connectivity index (χ3v) is 8.91. The van der Waals surface area contributed by atoms with E-state index in [0.717, 1.165) is 8.94 Å². The van der Waals surface area contributed by atoms with Gasteiger partial charge in [0.2, 0.25) is 0 Å². The van der Waals surface area contributed by atoms with Crippen LogP contribution >= 0.6 is 0 Å². The van der Waals surface area contributed by atoms with Gasteiger partial charge in [-0.25, -0.2) is 0 Å². The molecule has 2 aliphatic rings. The molecule has 2 amide bonds. The zero-order valence-electron chi connectivity index (χ0n) is 10.5. The molecule has 5 heteroatoms. The van der Waals surface area contributed by atoms with E-state index in [0.29, 0.717) is 0 Å². The fourth-order valence-electron chi connectivity index (χ4n) is 2.43. The van der Waals surface area contributed by atoms with Crippen LogP contribution in [0, 0.1) is 0 Å². The number of rotatable bonds is 0. The molecule has 0 radical (unpaired) electrons. The van der Waals surface area contributed by atoms with Crippen LogP contribution in [0.25, 0.3) is 10.8 Å². The van der Waals surface area contributed by atoms with Gasteiger partial charge in [0.05, 0.1) is 0 Å². The van der Waals surface area contributed by atoms with Crippen LogP contribution < -0.4 is 8.92 Å². The number of hydrogen-bond acceptors (Lipinski definition) is 2. The number of hydrogen-bond donors (Lipinski definition) is 0. The summed E-state index contributed by atoms with van der Waals surface area (Å²) in [6.07, 6.45) is 0. The van der Waals surface area contributed by atoms with Gasteiger partial charge in [-0.15, -0.1) is 0 Å². The van der Waals surface area contributed by atoms with Gasteiger partial charge in [0, 0.05) is 0 Å². The first-order valence-corrected chi connectivity index (χ1v) is 9.53. The molecule has 4 rings (SSSR count). The molecule has 0 aromatic heterocycles. The van der Waals surface area contributed by atoms with Gasteiger partial charge in [-0.1, -0.05) is 0 Å². The molecule has 0 spiro atoms. The van der Waals surface area contributed by atoms with E-state index in [4.69, 9.17) is 0 Å². The van der Waals surface area contributed by atoms with Crippen LogP contribution in [0.2, 0.25) is 0 Å². The number of carbonyl (C=O) groups is 2. The summed E-state index contributed by atoms with van der Waals surface area (Å²) in [6, 6.07) is 12.4. The maximum atomic E-state index is 12.2. The van der Waals surface area contributed by atoms with Crippen molar-refractivity contribution in [2.45, 2.75) is 0 Å². The maximum absolute atomic E-state index is 12.2. The first-order valence-electron chi connectivity index (χ1n) is 6.11. The van der Waals surface area contributed by atoms with E-state index in [2.05, 4.69) is 24.3 Å². The molecule has 0 atom stereocenters. The van der Waals surface area contributed by atoms with Crippen molar-refractivity contribution in [3.8, 4) is 0 Å². The van der Waals surface area contributed by atoms with Gasteiger partial charge < -0.3 is 0 Å². The van der Waals surface area contributed by atoms with Gasteiger partial charge in [-0.3, -0.25) is 0 Å². The monoisotopic (exact) mass is 395 g/mol. The summed E-state index contributed by atoms with van der Waals surface area (Å²) in [6.45, 7) is 0. The third-order valence-electron chi connectivity index (χ3n) is 3.46. The minimum atomic E-state index is -0.100. The third kappa shape index (κ3) is 1.58. The van der Waals surface area contributed by atoms with Crippen molar-refractivity contribution in [3.05, 3.63) is 45.3 Å². The molecule has 2 aromatic rings. The van der Waals surface area contributed by atoms with Gasteiger partial charge >= 0.3 is 128 Å². The van der Waals surface area contributed by atoms with Gasteiger partial charge in [0.25, 0.3) is 0 Å². The summed E-state index contributed by atoms with van der Waals surface area (Å²) in [5.74, 6) is -0.201. The molecule has 3 nitrogen and oxygen atoms in total. The molecule has 0 N–H and O–H groups in total. The Kier molecular flexibility index (Phi) is 2.66. The van der Waals surface area contributed by atoms with Gasteiger partial charge in [-0.2, -0.15) is 0 Å². The van der Waals surface area contributed by atoms with Crippen molar-refractivity contribution >= 4 is 61.4 Å². The molecule has 20 heavy (non-hydrogen) atoms. The van der Waals surface area contributed by atoms with E-state index in [-0.39, 0.29) is 41.7 Å². The first-order chi connectivity index (χ1) is 9.66. The van der Waals surface area contributed by atoms with Crippen LogP contribution in [0.5, 0.6) is 0 Å². The van der Waals surface area contributed by atoms with Crippen molar-refractivity contribution in [1.29, 1.82) is 0 Å². The van der Waals surface area contributed by atoms with Crippen LogP contribution in [0.15, 0.2) is 45.3 Å². The summed E-state index contributed by atoms with van der Waals surface area (Å²) in [4.78, 5) is 25.8. The average Bonchev–Trinajstić information content (AvgIpc) is 2.63. The van der Waals surface area contributed by atoms with E-state index in [1.807, 2.05) is 12.1 Å². The van der Waals surface area contributed by atoms with Gasteiger partial charge in [-0.05, 0) is 0 Å². The molecule has 2 heterocycles. The second kappa shape index (κ2) is 4.31. The molecular formula is C15H9NO2Se2. The molecule has 0 saturated heterocycles. The van der Waals surface area contributed by atoms with Crippen molar-refractivity contribution in [2.24, 2.45) is 0 Å². The summed E-state index contributed by atoms with van der Waals surface area (Å²) >= 11 is -0.165. The molecule has 0 saturated carbocycles. The second-order valence-corrected chi connectivity index (χ2v) is 9.06. The number of benzene rings is 2. The standard InChI is InChI=1S/C15H9NO2Se2/c1-16-14(17)12-13(15(16)18)20-10-7-3-5-8-4-2-6-9(19-12)11(8)10/h2-7H,1H3. The number of carbonyl (C=O) groups excluding carboxylic acids is 2. The minimum absolute atomic E-state index is 0.0826. The molecule has 0 aliphatic carbocycles. The Bertz CT molecular complexity index is 763. The van der Waals surface area contributed by atoms with E-state index < -0.39 is 0 Å². The number of likely N-dealkylation sites (N-methyl/N-ethyl adjacent to an activating group) is 1. The van der Waals surface area contributed by atoms with Crippen LogP contribution in [0.4, 0.5) is 0 Å².